The van der Waals surface area contributed by atoms with Crippen LogP contribution in [-0.4, -0.2) is 36.1 Å². The molecule has 31 heavy (non-hydrogen) atoms. The number of aryl methyl sites for hydroxylation is 1. The zero-order valence-electron chi connectivity index (χ0n) is 17.9. The first kappa shape index (κ1) is 19.1. The maximum absolute atomic E-state index is 5.53. The average Bonchev–Trinajstić information content (AvgIpc) is 3.41. The summed E-state index contributed by atoms with van der Waals surface area (Å²) in [5, 5.41) is 9.99. The van der Waals surface area contributed by atoms with Crippen LogP contribution in [0.2, 0.25) is 0 Å². The number of benzene rings is 3. The van der Waals surface area contributed by atoms with Gasteiger partial charge in [-0.3, -0.25) is 5.10 Å². The van der Waals surface area contributed by atoms with Gasteiger partial charge in [-0.25, -0.2) is 0 Å². The van der Waals surface area contributed by atoms with Crippen LogP contribution in [0.1, 0.15) is 0 Å². The lowest BCUT2D eigenvalue weighted by Gasteiger charge is -2.13. The monoisotopic (exact) mass is 413 g/mol. The summed E-state index contributed by atoms with van der Waals surface area (Å²) in [5.41, 5.74) is 6.21. The number of methoxy groups -OCH3 is 3. The average molecular weight is 413 g/mol. The zero-order chi connectivity index (χ0) is 21.5. The van der Waals surface area contributed by atoms with Gasteiger partial charge in [-0.1, -0.05) is 18.2 Å². The van der Waals surface area contributed by atoms with Crippen LogP contribution in [-0.2, 0) is 7.05 Å². The largest absolute Gasteiger partial charge is 0.493 e. The van der Waals surface area contributed by atoms with Gasteiger partial charge in [0.2, 0.25) is 5.75 Å². The molecule has 3 aromatic carbocycles. The van der Waals surface area contributed by atoms with Gasteiger partial charge in [0.05, 0.1) is 26.8 Å². The standard InChI is InChI=1S/C25H23N3O3/c1-28-11-10-18-17(6-5-7-21(18)28)15-8-9-20-19(12-15)24(27-26-20)16-13-22(29-2)25(31-4)23(14-16)30-3/h5-14H,1-4H3,(H,26,27). The minimum atomic E-state index is 0.560. The molecule has 0 aliphatic rings. The molecule has 2 heterocycles. The Kier molecular flexibility index (Phi) is 4.55. The van der Waals surface area contributed by atoms with E-state index in [4.69, 9.17) is 14.2 Å². The summed E-state index contributed by atoms with van der Waals surface area (Å²) in [5.74, 6) is 1.75. The van der Waals surface area contributed by atoms with Gasteiger partial charge in [0.25, 0.3) is 0 Å². The van der Waals surface area contributed by atoms with E-state index in [0.29, 0.717) is 17.2 Å². The Balaban J connectivity index is 1.70. The van der Waals surface area contributed by atoms with E-state index >= 15 is 0 Å². The van der Waals surface area contributed by atoms with Crippen molar-refractivity contribution in [3.05, 3.63) is 60.8 Å². The Hall–Kier alpha value is -3.93. The first-order valence-electron chi connectivity index (χ1n) is 9.97. The molecule has 0 spiro atoms. The van der Waals surface area contributed by atoms with Crippen molar-refractivity contribution >= 4 is 21.8 Å². The molecule has 0 unspecified atom stereocenters. The first-order valence-corrected chi connectivity index (χ1v) is 9.97. The fourth-order valence-electron chi connectivity index (χ4n) is 4.17. The minimum Gasteiger partial charge on any atom is -0.493 e. The zero-order valence-corrected chi connectivity index (χ0v) is 17.9. The van der Waals surface area contributed by atoms with E-state index in [-0.39, 0.29) is 0 Å². The summed E-state index contributed by atoms with van der Waals surface area (Å²) >= 11 is 0. The van der Waals surface area contributed by atoms with Crippen molar-refractivity contribution in [3.63, 3.8) is 0 Å². The maximum Gasteiger partial charge on any atom is 0.203 e. The van der Waals surface area contributed by atoms with Gasteiger partial charge >= 0.3 is 0 Å². The van der Waals surface area contributed by atoms with E-state index in [2.05, 4.69) is 70.5 Å². The van der Waals surface area contributed by atoms with Gasteiger partial charge in [0, 0.05) is 35.1 Å². The van der Waals surface area contributed by atoms with Crippen molar-refractivity contribution in [2.75, 3.05) is 21.3 Å². The Morgan fingerprint density at radius 2 is 1.58 bits per heavy atom. The molecule has 156 valence electrons. The Morgan fingerprint density at radius 1 is 0.806 bits per heavy atom. The summed E-state index contributed by atoms with van der Waals surface area (Å²) in [6, 6.07) is 18.8. The molecular formula is C25H23N3O3. The van der Waals surface area contributed by atoms with Crippen molar-refractivity contribution in [3.8, 4) is 39.6 Å². The number of hydrogen-bond donors (Lipinski definition) is 1. The summed E-state index contributed by atoms with van der Waals surface area (Å²) in [7, 11) is 6.89. The minimum absolute atomic E-state index is 0.560. The van der Waals surface area contributed by atoms with E-state index in [1.807, 2.05) is 12.1 Å². The third-order valence-electron chi connectivity index (χ3n) is 5.74. The summed E-state index contributed by atoms with van der Waals surface area (Å²) < 4.78 is 18.6. The Bertz CT molecular complexity index is 1390. The summed E-state index contributed by atoms with van der Waals surface area (Å²) in [6.45, 7) is 0. The van der Waals surface area contributed by atoms with Crippen molar-refractivity contribution < 1.29 is 14.2 Å². The number of aromatic amines is 1. The third-order valence-corrected chi connectivity index (χ3v) is 5.74. The molecule has 0 saturated heterocycles. The SMILES string of the molecule is COc1cc(-c2n[nH]c3ccc(-c4cccc5c4ccn5C)cc23)cc(OC)c1OC. The van der Waals surface area contributed by atoms with Crippen LogP contribution in [0.4, 0.5) is 0 Å². The molecular weight excluding hydrogens is 390 g/mol. The highest BCUT2D eigenvalue weighted by Gasteiger charge is 2.18. The van der Waals surface area contributed by atoms with E-state index in [1.54, 1.807) is 21.3 Å². The lowest BCUT2D eigenvalue weighted by atomic mass is 9.98. The molecule has 2 aromatic heterocycles. The van der Waals surface area contributed by atoms with Crippen LogP contribution < -0.4 is 14.2 Å². The van der Waals surface area contributed by atoms with E-state index in [9.17, 15) is 0 Å². The van der Waals surface area contributed by atoms with Gasteiger partial charge in [-0.2, -0.15) is 5.10 Å². The molecule has 0 radical (unpaired) electrons. The highest BCUT2D eigenvalue weighted by molar-refractivity contribution is 6.01. The lowest BCUT2D eigenvalue weighted by Crippen LogP contribution is -1.96. The highest BCUT2D eigenvalue weighted by Crippen LogP contribution is 2.42. The second-order valence-electron chi connectivity index (χ2n) is 7.41. The number of fused-ring (bicyclic) bond motifs is 2. The molecule has 5 rings (SSSR count). The van der Waals surface area contributed by atoms with Gasteiger partial charge in [0.15, 0.2) is 11.5 Å². The number of nitrogens with zero attached hydrogens (tertiary/aromatic N) is 2. The number of aromatic nitrogens is 3. The summed E-state index contributed by atoms with van der Waals surface area (Å²) in [6.07, 6.45) is 2.09. The molecule has 1 N–H and O–H groups in total. The fourth-order valence-corrected chi connectivity index (χ4v) is 4.17. The fraction of sp³-hybridized carbons (Fsp3) is 0.160. The quantitative estimate of drug-likeness (QED) is 0.418. The van der Waals surface area contributed by atoms with Crippen LogP contribution in [0.15, 0.2) is 60.8 Å². The lowest BCUT2D eigenvalue weighted by molar-refractivity contribution is 0.324. The topological polar surface area (TPSA) is 61.3 Å². The van der Waals surface area contributed by atoms with Crippen molar-refractivity contribution in [2.24, 2.45) is 7.05 Å². The number of ether oxygens (including phenoxy) is 3. The predicted octanol–water partition coefficient (Wildman–Crippen LogP) is 5.41. The molecule has 0 aliphatic carbocycles. The number of rotatable bonds is 5. The molecule has 5 aromatic rings. The number of nitrogens with one attached hydrogen (secondary N) is 1. The first-order chi connectivity index (χ1) is 15.1. The number of H-pyrrole nitrogens is 1. The molecule has 0 amide bonds. The smallest absolute Gasteiger partial charge is 0.203 e. The highest BCUT2D eigenvalue weighted by atomic mass is 16.5. The van der Waals surface area contributed by atoms with E-state index in [1.165, 1.54) is 16.5 Å². The third kappa shape index (κ3) is 2.99. The van der Waals surface area contributed by atoms with Gasteiger partial charge < -0.3 is 18.8 Å². The van der Waals surface area contributed by atoms with E-state index in [0.717, 1.165) is 27.7 Å². The molecule has 6 heteroatoms. The molecule has 6 nitrogen and oxygen atoms in total. The van der Waals surface area contributed by atoms with Crippen LogP contribution in [0.25, 0.3) is 44.2 Å². The van der Waals surface area contributed by atoms with Gasteiger partial charge in [0.1, 0.15) is 5.69 Å². The van der Waals surface area contributed by atoms with Gasteiger partial charge in [-0.15, -0.1) is 0 Å². The van der Waals surface area contributed by atoms with Crippen molar-refractivity contribution in [2.45, 2.75) is 0 Å². The second-order valence-corrected chi connectivity index (χ2v) is 7.41. The molecule has 0 atom stereocenters. The predicted molar refractivity (Wildman–Crippen MR) is 123 cm³/mol. The second kappa shape index (κ2) is 7.40. The van der Waals surface area contributed by atoms with Crippen LogP contribution in [0.5, 0.6) is 17.2 Å². The molecule has 0 aliphatic heterocycles. The Morgan fingerprint density at radius 3 is 2.29 bits per heavy atom. The van der Waals surface area contributed by atoms with Gasteiger partial charge in [-0.05, 0) is 47.5 Å². The summed E-state index contributed by atoms with van der Waals surface area (Å²) in [4.78, 5) is 0. The van der Waals surface area contributed by atoms with E-state index < -0.39 is 0 Å². The van der Waals surface area contributed by atoms with Crippen LogP contribution in [0, 0.1) is 0 Å². The molecule has 0 saturated carbocycles. The normalized spacial score (nSPS) is 11.2. The molecule has 0 fully saturated rings. The number of hydrogen-bond acceptors (Lipinski definition) is 4. The van der Waals surface area contributed by atoms with Crippen LogP contribution >= 0.6 is 0 Å². The van der Waals surface area contributed by atoms with Crippen LogP contribution in [0.3, 0.4) is 0 Å². The maximum atomic E-state index is 5.53. The Labute approximate surface area is 180 Å². The van der Waals surface area contributed by atoms with Crippen molar-refractivity contribution in [1.29, 1.82) is 0 Å². The molecule has 0 bridgehead atoms. The van der Waals surface area contributed by atoms with Crippen molar-refractivity contribution in [1.82, 2.24) is 14.8 Å².